The second-order valence-corrected chi connectivity index (χ2v) is 8.61. The zero-order valence-corrected chi connectivity index (χ0v) is 14.3. The Morgan fingerprint density at radius 3 is 2.38 bits per heavy atom. The summed E-state index contributed by atoms with van der Waals surface area (Å²) in [6.07, 6.45) is 0. The Kier molecular flexibility index (Phi) is 5.51. The largest absolute Gasteiger partial charge is 0.492 e. The SMILES string of the molecule is CN(CCOc1ccc(Cl)cc1)S(=O)(=O)c1ccc(Cl)s1. The molecule has 2 aromatic rings. The van der Waals surface area contributed by atoms with Gasteiger partial charge in [0.25, 0.3) is 10.0 Å². The van der Waals surface area contributed by atoms with Gasteiger partial charge in [0.1, 0.15) is 16.6 Å². The van der Waals surface area contributed by atoms with Crippen LogP contribution in [-0.2, 0) is 10.0 Å². The van der Waals surface area contributed by atoms with Crippen molar-refractivity contribution in [3.8, 4) is 5.75 Å². The van der Waals surface area contributed by atoms with Gasteiger partial charge in [-0.3, -0.25) is 0 Å². The molecule has 1 aromatic heterocycles. The van der Waals surface area contributed by atoms with Crippen molar-refractivity contribution >= 4 is 44.6 Å². The van der Waals surface area contributed by atoms with E-state index in [1.807, 2.05) is 0 Å². The number of thiophene rings is 1. The van der Waals surface area contributed by atoms with Crippen LogP contribution in [-0.4, -0.2) is 32.9 Å². The molecule has 0 spiro atoms. The minimum Gasteiger partial charge on any atom is -0.492 e. The predicted octanol–water partition coefficient (Wildman–Crippen LogP) is 3.75. The molecular formula is C13H13Cl2NO3S2. The summed E-state index contributed by atoms with van der Waals surface area (Å²) in [5.74, 6) is 0.643. The normalized spacial score (nSPS) is 11.8. The van der Waals surface area contributed by atoms with Crippen LogP contribution >= 0.6 is 34.5 Å². The molecule has 0 radical (unpaired) electrons. The van der Waals surface area contributed by atoms with Crippen LogP contribution in [0.1, 0.15) is 0 Å². The van der Waals surface area contributed by atoms with Crippen molar-refractivity contribution in [2.24, 2.45) is 0 Å². The number of rotatable bonds is 6. The molecule has 0 aliphatic carbocycles. The van der Waals surface area contributed by atoms with Crippen LogP contribution in [0.5, 0.6) is 5.75 Å². The fraction of sp³-hybridized carbons (Fsp3) is 0.231. The van der Waals surface area contributed by atoms with Gasteiger partial charge in [0, 0.05) is 18.6 Å². The van der Waals surface area contributed by atoms with E-state index < -0.39 is 10.0 Å². The molecule has 0 aliphatic rings. The van der Waals surface area contributed by atoms with Gasteiger partial charge in [-0.05, 0) is 36.4 Å². The van der Waals surface area contributed by atoms with Crippen molar-refractivity contribution in [3.05, 3.63) is 45.8 Å². The lowest BCUT2D eigenvalue weighted by Crippen LogP contribution is -2.30. The molecular weight excluding hydrogens is 353 g/mol. The van der Waals surface area contributed by atoms with Crippen LogP contribution < -0.4 is 4.74 Å². The summed E-state index contributed by atoms with van der Waals surface area (Å²) in [4.78, 5) is 0. The fourth-order valence-electron chi connectivity index (χ4n) is 1.53. The van der Waals surface area contributed by atoms with Crippen molar-refractivity contribution < 1.29 is 13.2 Å². The first-order valence-corrected chi connectivity index (χ1v) is 9.01. The van der Waals surface area contributed by atoms with Crippen molar-refractivity contribution in [1.29, 1.82) is 0 Å². The lowest BCUT2D eigenvalue weighted by molar-refractivity contribution is 0.287. The second-order valence-electron chi connectivity index (χ2n) is 4.19. The maximum Gasteiger partial charge on any atom is 0.252 e. The van der Waals surface area contributed by atoms with Crippen molar-refractivity contribution in [2.75, 3.05) is 20.2 Å². The highest BCUT2D eigenvalue weighted by molar-refractivity contribution is 7.91. The predicted molar refractivity (Wildman–Crippen MR) is 86.1 cm³/mol. The van der Waals surface area contributed by atoms with Gasteiger partial charge in [0.15, 0.2) is 0 Å². The van der Waals surface area contributed by atoms with Gasteiger partial charge >= 0.3 is 0 Å². The van der Waals surface area contributed by atoms with E-state index in [0.717, 1.165) is 11.3 Å². The molecule has 0 saturated heterocycles. The van der Waals surface area contributed by atoms with Gasteiger partial charge in [0.2, 0.25) is 0 Å². The number of sulfonamides is 1. The standard InChI is InChI=1S/C13H13Cl2NO3S2/c1-16(21(17,18)13-7-6-12(15)20-13)8-9-19-11-4-2-10(14)3-5-11/h2-7H,8-9H2,1H3. The molecule has 2 rings (SSSR count). The summed E-state index contributed by atoms with van der Waals surface area (Å²) < 4.78 is 31.9. The van der Waals surface area contributed by atoms with Crippen LogP contribution in [0.25, 0.3) is 0 Å². The number of benzene rings is 1. The summed E-state index contributed by atoms with van der Waals surface area (Å²) in [6, 6.07) is 9.96. The molecule has 1 heterocycles. The molecule has 0 unspecified atom stereocenters. The fourth-order valence-corrected chi connectivity index (χ4v) is 4.51. The highest BCUT2D eigenvalue weighted by Crippen LogP contribution is 2.27. The molecule has 0 amide bonds. The van der Waals surface area contributed by atoms with E-state index >= 15 is 0 Å². The summed E-state index contributed by atoms with van der Waals surface area (Å²) in [5, 5.41) is 0.622. The van der Waals surface area contributed by atoms with Crippen molar-refractivity contribution in [1.82, 2.24) is 4.31 Å². The highest BCUT2D eigenvalue weighted by atomic mass is 35.5. The number of nitrogens with zero attached hydrogens (tertiary/aromatic N) is 1. The Morgan fingerprint density at radius 1 is 1.14 bits per heavy atom. The molecule has 8 heteroatoms. The average Bonchev–Trinajstić information content (AvgIpc) is 2.88. The minimum atomic E-state index is -3.51. The van der Waals surface area contributed by atoms with Crippen molar-refractivity contribution in [3.63, 3.8) is 0 Å². The lowest BCUT2D eigenvalue weighted by atomic mass is 10.3. The summed E-state index contributed by atoms with van der Waals surface area (Å²) in [7, 11) is -2.00. The van der Waals surface area contributed by atoms with Crippen LogP contribution in [0.2, 0.25) is 9.36 Å². The van der Waals surface area contributed by atoms with E-state index in [4.69, 9.17) is 27.9 Å². The van der Waals surface area contributed by atoms with Gasteiger partial charge in [0.05, 0.1) is 4.34 Å². The quantitative estimate of drug-likeness (QED) is 0.782. The first-order chi connectivity index (χ1) is 9.89. The molecule has 0 atom stereocenters. The molecule has 4 nitrogen and oxygen atoms in total. The average molecular weight is 366 g/mol. The number of ether oxygens (including phenoxy) is 1. The van der Waals surface area contributed by atoms with Gasteiger partial charge in [-0.15, -0.1) is 11.3 Å². The van der Waals surface area contributed by atoms with Crippen LogP contribution in [0, 0.1) is 0 Å². The summed E-state index contributed by atoms with van der Waals surface area (Å²) >= 11 is 12.6. The first-order valence-electron chi connectivity index (χ1n) is 5.99. The van der Waals surface area contributed by atoms with Crippen LogP contribution in [0.4, 0.5) is 0 Å². The molecule has 114 valence electrons. The zero-order valence-electron chi connectivity index (χ0n) is 11.1. The molecule has 0 aliphatic heterocycles. The maximum atomic E-state index is 12.2. The Morgan fingerprint density at radius 2 is 1.81 bits per heavy atom. The van der Waals surface area contributed by atoms with E-state index in [1.54, 1.807) is 30.3 Å². The summed E-state index contributed by atoms with van der Waals surface area (Å²) in [5.41, 5.74) is 0. The summed E-state index contributed by atoms with van der Waals surface area (Å²) in [6.45, 7) is 0.483. The van der Waals surface area contributed by atoms with Crippen LogP contribution in [0.15, 0.2) is 40.6 Å². The van der Waals surface area contributed by atoms with Gasteiger partial charge in [-0.2, -0.15) is 4.31 Å². The molecule has 0 fully saturated rings. The van der Waals surface area contributed by atoms with Crippen LogP contribution in [0.3, 0.4) is 0 Å². The topological polar surface area (TPSA) is 46.6 Å². The minimum absolute atomic E-state index is 0.224. The smallest absolute Gasteiger partial charge is 0.252 e. The molecule has 0 N–H and O–H groups in total. The Balaban J connectivity index is 1.92. The number of halogens is 2. The van der Waals surface area contributed by atoms with Gasteiger partial charge < -0.3 is 4.74 Å². The van der Waals surface area contributed by atoms with E-state index in [9.17, 15) is 8.42 Å². The third-order valence-electron chi connectivity index (χ3n) is 2.70. The Bertz CT molecular complexity index is 698. The molecule has 21 heavy (non-hydrogen) atoms. The van der Waals surface area contributed by atoms with E-state index in [2.05, 4.69) is 0 Å². The van der Waals surface area contributed by atoms with E-state index in [0.29, 0.717) is 15.1 Å². The Hall–Kier alpha value is -0.790. The van der Waals surface area contributed by atoms with Crippen molar-refractivity contribution in [2.45, 2.75) is 4.21 Å². The zero-order chi connectivity index (χ0) is 15.5. The third kappa shape index (κ3) is 4.34. The molecule has 0 bridgehead atoms. The lowest BCUT2D eigenvalue weighted by Gasteiger charge is -2.16. The van der Waals surface area contributed by atoms with Gasteiger partial charge in [-0.1, -0.05) is 23.2 Å². The number of hydrogen-bond acceptors (Lipinski definition) is 4. The monoisotopic (exact) mass is 365 g/mol. The first kappa shape index (κ1) is 16.6. The second kappa shape index (κ2) is 6.98. The van der Waals surface area contributed by atoms with Gasteiger partial charge in [-0.25, -0.2) is 8.42 Å². The molecule has 0 saturated carbocycles. The Labute approximate surface area is 137 Å². The number of hydrogen-bond donors (Lipinski definition) is 0. The van der Waals surface area contributed by atoms with E-state index in [1.165, 1.54) is 17.4 Å². The van der Waals surface area contributed by atoms with E-state index in [-0.39, 0.29) is 17.4 Å². The highest BCUT2D eigenvalue weighted by Gasteiger charge is 2.22. The maximum absolute atomic E-state index is 12.2. The third-order valence-corrected chi connectivity index (χ3v) is 6.51. The number of likely N-dealkylation sites (N-methyl/N-ethyl adjacent to an activating group) is 1. The molecule has 1 aromatic carbocycles.